The van der Waals surface area contributed by atoms with Crippen molar-refractivity contribution in [3.05, 3.63) is 59.9 Å². The number of benzene rings is 2. The van der Waals surface area contributed by atoms with Crippen molar-refractivity contribution in [2.24, 2.45) is 0 Å². The summed E-state index contributed by atoms with van der Waals surface area (Å²) < 4.78 is 47.3. The van der Waals surface area contributed by atoms with Crippen LogP contribution >= 0.6 is 0 Å². The third-order valence-corrected chi connectivity index (χ3v) is 4.24. The van der Waals surface area contributed by atoms with Gasteiger partial charge in [0.1, 0.15) is 5.82 Å². The fourth-order valence-electron chi connectivity index (χ4n) is 1.47. The van der Waals surface area contributed by atoms with Crippen LogP contribution in [0.3, 0.4) is 0 Å². The highest BCUT2D eigenvalue weighted by molar-refractivity contribution is 7.91. The van der Waals surface area contributed by atoms with Gasteiger partial charge < -0.3 is 0 Å². The molecule has 0 radical (unpaired) electrons. The van der Waals surface area contributed by atoms with Crippen molar-refractivity contribution in [2.75, 3.05) is 6.67 Å². The SMILES string of the molecule is CC.CC.CCF.Cc1ccc(S(=O)(=O)c2ccc(F)cc2)cc1. The van der Waals surface area contributed by atoms with E-state index < -0.39 is 15.7 Å². The van der Waals surface area contributed by atoms with Gasteiger partial charge in [-0.05, 0) is 50.2 Å². The van der Waals surface area contributed by atoms with Crippen molar-refractivity contribution in [3.8, 4) is 0 Å². The summed E-state index contributed by atoms with van der Waals surface area (Å²) in [6.07, 6.45) is 0. The Kier molecular flexibility index (Phi) is 14.0. The van der Waals surface area contributed by atoms with Gasteiger partial charge in [0.05, 0.1) is 16.5 Å². The Balaban J connectivity index is 0. The third-order valence-electron chi connectivity index (χ3n) is 2.46. The highest BCUT2D eigenvalue weighted by Crippen LogP contribution is 2.21. The first kappa shape index (κ1) is 24.5. The average Bonchev–Trinajstić information content (AvgIpc) is 2.60. The van der Waals surface area contributed by atoms with Crippen molar-refractivity contribution < 1.29 is 17.2 Å². The van der Waals surface area contributed by atoms with E-state index >= 15 is 0 Å². The van der Waals surface area contributed by atoms with Crippen LogP contribution in [-0.4, -0.2) is 15.1 Å². The standard InChI is InChI=1S/C13H11FO2S.C2H5F.2C2H6/c1-10-2-6-12(7-3-10)17(15,16)13-8-4-11(14)5-9-13;1-2-3;2*1-2/h2-9H,1H3;2H2,1H3;2*1-2H3. The molecular weight excluding hydrogens is 330 g/mol. The Bertz CT molecular complexity index is 583. The summed E-state index contributed by atoms with van der Waals surface area (Å²) in [6, 6.07) is 11.4. The van der Waals surface area contributed by atoms with Gasteiger partial charge in [-0.2, -0.15) is 0 Å². The molecule has 0 saturated carbocycles. The molecule has 0 bridgehead atoms. The lowest BCUT2D eigenvalue weighted by Crippen LogP contribution is -2.01. The summed E-state index contributed by atoms with van der Waals surface area (Å²) in [4.78, 5) is 0.317. The lowest BCUT2D eigenvalue weighted by Gasteiger charge is -2.04. The molecule has 0 N–H and O–H groups in total. The van der Waals surface area contributed by atoms with Crippen molar-refractivity contribution in [1.82, 2.24) is 0 Å². The average molecular weight is 358 g/mol. The second-order valence-corrected chi connectivity index (χ2v) is 5.99. The largest absolute Gasteiger partial charge is 0.251 e. The molecule has 0 heterocycles. The number of sulfone groups is 1. The van der Waals surface area contributed by atoms with E-state index in [0.29, 0.717) is 0 Å². The summed E-state index contributed by atoms with van der Waals surface area (Å²) >= 11 is 0. The van der Waals surface area contributed by atoms with E-state index in [1.165, 1.54) is 19.1 Å². The lowest BCUT2D eigenvalue weighted by atomic mass is 10.2. The highest BCUT2D eigenvalue weighted by atomic mass is 32.2. The number of hydrogen-bond donors (Lipinski definition) is 0. The van der Waals surface area contributed by atoms with Crippen LogP contribution in [-0.2, 0) is 9.84 Å². The van der Waals surface area contributed by atoms with Gasteiger partial charge in [0.25, 0.3) is 0 Å². The van der Waals surface area contributed by atoms with E-state index in [-0.39, 0.29) is 16.5 Å². The predicted octanol–water partition coefficient (Wildman–Crippen LogP) is 6.00. The molecule has 136 valence electrons. The summed E-state index contributed by atoms with van der Waals surface area (Å²) in [7, 11) is -3.54. The number of halogens is 2. The van der Waals surface area contributed by atoms with Gasteiger partial charge in [0, 0.05) is 0 Å². The Morgan fingerprint density at radius 2 is 1.08 bits per heavy atom. The summed E-state index contributed by atoms with van der Waals surface area (Å²) in [5, 5.41) is 0. The Morgan fingerprint density at radius 3 is 1.42 bits per heavy atom. The van der Waals surface area contributed by atoms with Crippen LogP contribution in [0.4, 0.5) is 8.78 Å². The van der Waals surface area contributed by atoms with Gasteiger partial charge in [0.2, 0.25) is 9.84 Å². The molecule has 0 fully saturated rings. The molecule has 24 heavy (non-hydrogen) atoms. The molecule has 0 aliphatic rings. The lowest BCUT2D eigenvalue weighted by molar-refractivity contribution is 0.527. The summed E-state index contributed by atoms with van der Waals surface area (Å²) in [6.45, 7) is 11.1. The van der Waals surface area contributed by atoms with E-state index in [9.17, 15) is 17.2 Å². The molecule has 0 aliphatic heterocycles. The first-order valence-corrected chi connectivity index (χ1v) is 9.53. The minimum absolute atomic E-state index is 0.0998. The van der Waals surface area contributed by atoms with Crippen LogP contribution in [0.5, 0.6) is 0 Å². The maximum atomic E-state index is 12.7. The van der Waals surface area contributed by atoms with E-state index in [2.05, 4.69) is 0 Å². The third kappa shape index (κ3) is 8.20. The van der Waals surface area contributed by atoms with Crippen LogP contribution < -0.4 is 0 Å². The predicted molar refractivity (Wildman–Crippen MR) is 97.4 cm³/mol. The second-order valence-electron chi connectivity index (χ2n) is 4.04. The zero-order valence-corrected chi connectivity index (χ0v) is 16.1. The normalized spacial score (nSPS) is 9.33. The first-order chi connectivity index (χ1) is 11.4. The number of hydrogen-bond acceptors (Lipinski definition) is 2. The van der Waals surface area contributed by atoms with Crippen LogP contribution in [0.15, 0.2) is 58.3 Å². The van der Waals surface area contributed by atoms with Crippen molar-refractivity contribution in [3.63, 3.8) is 0 Å². The molecule has 0 saturated heterocycles. The maximum Gasteiger partial charge on any atom is 0.206 e. The topological polar surface area (TPSA) is 34.1 Å². The second kappa shape index (κ2) is 13.7. The van der Waals surface area contributed by atoms with Crippen molar-refractivity contribution in [2.45, 2.75) is 51.3 Å². The Hall–Kier alpha value is -1.75. The van der Waals surface area contributed by atoms with Gasteiger partial charge in [-0.1, -0.05) is 45.4 Å². The number of aryl methyl sites for hydroxylation is 1. The van der Waals surface area contributed by atoms with Gasteiger partial charge in [0.15, 0.2) is 0 Å². The van der Waals surface area contributed by atoms with Crippen molar-refractivity contribution in [1.29, 1.82) is 0 Å². The molecule has 2 nitrogen and oxygen atoms in total. The van der Waals surface area contributed by atoms with Crippen LogP contribution in [0.25, 0.3) is 0 Å². The molecule has 0 unspecified atom stereocenters. The quantitative estimate of drug-likeness (QED) is 0.617. The van der Waals surface area contributed by atoms with E-state index in [1.807, 2.05) is 34.6 Å². The zero-order valence-electron chi connectivity index (χ0n) is 15.3. The number of alkyl halides is 1. The van der Waals surface area contributed by atoms with E-state index in [0.717, 1.165) is 17.7 Å². The first-order valence-electron chi connectivity index (χ1n) is 8.05. The van der Waals surface area contributed by atoms with Crippen LogP contribution in [0.1, 0.15) is 40.2 Å². The van der Waals surface area contributed by atoms with Crippen LogP contribution in [0, 0.1) is 12.7 Å². The molecule has 5 heteroatoms. The fraction of sp³-hybridized carbons (Fsp3) is 0.368. The van der Waals surface area contributed by atoms with E-state index in [1.54, 1.807) is 24.3 Å². The van der Waals surface area contributed by atoms with Gasteiger partial charge in [-0.3, -0.25) is 4.39 Å². The molecule has 2 rings (SSSR count). The fourth-order valence-corrected chi connectivity index (χ4v) is 2.73. The molecular formula is C19H28F2O2S. The Labute approximate surface area is 145 Å². The molecule has 0 aliphatic carbocycles. The van der Waals surface area contributed by atoms with Crippen molar-refractivity contribution >= 4 is 9.84 Å². The van der Waals surface area contributed by atoms with Gasteiger partial charge in [-0.15, -0.1) is 0 Å². The molecule has 0 amide bonds. The summed E-state index contributed by atoms with van der Waals surface area (Å²) in [5.41, 5.74) is 0.989. The Morgan fingerprint density at radius 1 is 0.792 bits per heavy atom. The smallest absolute Gasteiger partial charge is 0.206 e. The molecule has 0 aromatic heterocycles. The number of rotatable bonds is 2. The van der Waals surface area contributed by atoms with Crippen LogP contribution in [0.2, 0.25) is 0 Å². The zero-order chi connectivity index (χ0) is 19.2. The molecule has 0 spiro atoms. The maximum absolute atomic E-state index is 12.7. The molecule has 2 aromatic rings. The minimum Gasteiger partial charge on any atom is -0.251 e. The van der Waals surface area contributed by atoms with Gasteiger partial charge in [-0.25, -0.2) is 12.8 Å². The monoisotopic (exact) mass is 358 g/mol. The summed E-state index contributed by atoms with van der Waals surface area (Å²) in [5.74, 6) is -0.451. The highest BCUT2D eigenvalue weighted by Gasteiger charge is 2.16. The van der Waals surface area contributed by atoms with Gasteiger partial charge >= 0.3 is 0 Å². The molecule has 0 atom stereocenters. The van der Waals surface area contributed by atoms with E-state index in [4.69, 9.17) is 0 Å². The molecule has 2 aromatic carbocycles. The minimum atomic E-state index is -3.54.